The van der Waals surface area contributed by atoms with E-state index in [1.807, 2.05) is 6.92 Å². The Labute approximate surface area is 87.4 Å². The number of nitrogens with zero attached hydrogens (tertiary/aromatic N) is 1. The van der Waals surface area contributed by atoms with Crippen LogP contribution in [-0.2, 0) is 12.8 Å². The summed E-state index contributed by atoms with van der Waals surface area (Å²) in [5.74, 6) is 0. The third-order valence-electron chi connectivity index (χ3n) is 3.03. The molecule has 2 radical (unpaired) electrons. The van der Waals surface area contributed by atoms with Crippen LogP contribution in [0.5, 0.6) is 0 Å². The van der Waals surface area contributed by atoms with Crippen molar-refractivity contribution >= 4 is 13.4 Å². The van der Waals surface area contributed by atoms with Crippen molar-refractivity contribution < 1.29 is 0 Å². The van der Waals surface area contributed by atoms with Crippen molar-refractivity contribution in [3.63, 3.8) is 0 Å². The second-order valence-corrected chi connectivity index (χ2v) is 4.21. The highest BCUT2D eigenvalue weighted by Gasteiger charge is 2.09. The quantitative estimate of drug-likeness (QED) is 0.562. The Morgan fingerprint density at radius 2 is 1.86 bits per heavy atom. The molecule has 0 amide bonds. The lowest BCUT2D eigenvalue weighted by molar-refractivity contribution is 0.609. The van der Waals surface area contributed by atoms with Crippen molar-refractivity contribution in [3.8, 4) is 0 Å². The Morgan fingerprint density at radius 1 is 1.14 bits per heavy atom. The highest BCUT2D eigenvalue weighted by atomic mass is 14.7. The standard InChI is InChI=1S/C12H16BN/c1-9-8-10-6-4-2-3-5-7-11(10)14-12(9)13/h8H,2-7H2,1H3. The first kappa shape index (κ1) is 9.76. The van der Waals surface area contributed by atoms with Crippen LogP contribution in [0.2, 0.25) is 0 Å². The van der Waals surface area contributed by atoms with Gasteiger partial charge in [0.1, 0.15) is 7.85 Å². The van der Waals surface area contributed by atoms with Crippen LogP contribution in [0.4, 0.5) is 0 Å². The van der Waals surface area contributed by atoms with Crippen LogP contribution >= 0.6 is 0 Å². The molecule has 0 bridgehead atoms. The smallest absolute Gasteiger partial charge is 0.142 e. The number of hydrogen-bond donors (Lipinski definition) is 0. The van der Waals surface area contributed by atoms with Crippen molar-refractivity contribution in [1.82, 2.24) is 4.98 Å². The van der Waals surface area contributed by atoms with E-state index >= 15 is 0 Å². The zero-order valence-corrected chi connectivity index (χ0v) is 8.84. The molecule has 0 aliphatic heterocycles. The highest BCUT2D eigenvalue weighted by Crippen LogP contribution is 2.18. The maximum atomic E-state index is 5.82. The van der Waals surface area contributed by atoms with Crippen molar-refractivity contribution in [2.24, 2.45) is 0 Å². The summed E-state index contributed by atoms with van der Waals surface area (Å²) >= 11 is 0. The van der Waals surface area contributed by atoms with E-state index in [1.54, 1.807) is 0 Å². The van der Waals surface area contributed by atoms with Gasteiger partial charge in [-0.2, -0.15) is 0 Å². The molecule has 2 rings (SSSR count). The molecule has 1 aromatic rings. The molecule has 72 valence electrons. The molecule has 0 saturated heterocycles. The van der Waals surface area contributed by atoms with Gasteiger partial charge in [-0.05, 0) is 49.3 Å². The Hall–Kier alpha value is -0.785. The monoisotopic (exact) mass is 185 g/mol. The average Bonchev–Trinajstić information content (AvgIpc) is 2.13. The maximum Gasteiger partial charge on any atom is 0.142 e. The van der Waals surface area contributed by atoms with Crippen LogP contribution < -0.4 is 5.59 Å². The Kier molecular flexibility index (Phi) is 2.90. The molecule has 1 heterocycles. The summed E-state index contributed by atoms with van der Waals surface area (Å²) in [5, 5.41) is 0. The fraction of sp³-hybridized carbons (Fsp3) is 0.583. The van der Waals surface area contributed by atoms with E-state index < -0.39 is 0 Å². The van der Waals surface area contributed by atoms with Crippen molar-refractivity contribution in [2.45, 2.75) is 45.4 Å². The predicted octanol–water partition coefficient (Wildman–Crippen LogP) is 1.84. The number of fused-ring (bicyclic) bond motifs is 1. The van der Waals surface area contributed by atoms with Gasteiger partial charge in [0.2, 0.25) is 0 Å². The third kappa shape index (κ3) is 2.00. The van der Waals surface area contributed by atoms with Gasteiger partial charge in [0, 0.05) is 5.69 Å². The van der Waals surface area contributed by atoms with E-state index in [2.05, 4.69) is 11.1 Å². The fourth-order valence-corrected chi connectivity index (χ4v) is 2.12. The van der Waals surface area contributed by atoms with E-state index in [0.717, 1.165) is 12.0 Å². The number of pyridine rings is 1. The molecule has 0 spiro atoms. The van der Waals surface area contributed by atoms with Gasteiger partial charge in [0.05, 0.1) is 0 Å². The lowest BCUT2D eigenvalue weighted by atomic mass is 9.91. The lowest BCUT2D eigenvalue weighted by Crippen LogP contribution is -2.17. The summed E-state index contributed by atoms with van der Waals surface area (Å²) in [4.78, 5) is 4.49. The first-order valence-electron chi connectivity index (χ1n) is 5.52. The Morgan fingerprint density at radius 3 is 2.64 bits per heavy atom. The van der Waals surface area contributed by atoms with E-state index in [9.17, 15) is 0 Å². The van der Waals surface area contributed by atoms with Crippen molar-refractivity contribution in [3.05, 3.63) is 22.9 Å². The Bertz CT molecular complexity index is 300. The van der Waals surface area contributed by atoms with E-state index in [1.165, 1.54) is 43.4 Å². The number of aromatic nitrogens is 1. The number of rotatable bonds is 0. The molecule has 14 heavy (non-hydrogen) atoms. The van der Waals surface area contributed by atoms with E-state index in [4.69, 9.17) is 7.85 Å². The van der Waals surface area contributed by atoms with Gasteiger partial charge in [0.15, 0.2) is 0 Å². The molecular weight excluding hydrogens is 169 g/mol. The molecule has 0 aromatic carbocycles. The van der Waals surface area contributed by atoms with Crippen molar-refractivity contribution in [1.29, 1.82) is 0 Å². The molecule has 2 heteroatoms. The van der Waals surface area contributed by atoms with Crippen molar-refractivity contribution in [2.75, 3.05) is 0 Å². The molecule has 0 atom stereocenters. The molecule has 0 unspecified atom stereocenters. The summed E-state index contributed by atoms with van der Waals surface area (Å²) in [5.41, 5.74) is 4.51. The zero-order valence-electron chi connectivity index (χ0n) is 8.84. The highest BCUT2D eigenvalue weighted by molar-refractivity contribution is 6.31. The topological polar surface area (TPSA) is 12.9 Å². The van der Waals surface area contributed by atoms with Crippen LogP contribution in [0, 0.1) is 6.92 Å². The van der Waals surface area contributed by atoms with Gasteiger partial charge in [-0.25, -0.2) is 0 Å². The summed E-state index contributed by atoms with van der Waals surface area (Å²) in [6, 6.07) is 2.23. The number of aryl methyl sites for hydroxylation is 3. The van der Waals surface area contributed by atoms with Crippen LogP contribution in [0.25, 0.3) is 0 Å². The van der Waals surface area contributed by atoms with Gasteiger partial charge >= 0.3 is 0 Å². The molecule has 1 aromatic heterocycles. The average molecular weight is 185 g/mol. The maximum absolute atomic E-state index is 5.82. The third-order valence-corrected chi connectivity index (χ3v) is 3.03. The minimum absolute atomic E-state index is 0.712. The SMILES string of the molecule is [B]c1nc2c(cc1C)CCCCCC2. The number of hydrogen-bond acceptors (Lipinski definition) is 1. The lowest BCUT2D eigenvalue weighted by Gasteiger charge is -2.14. The molecule has 1 aliphatic rings. The minimum Gasteiger partial charge on any atom is -0.269 e. The molecule has 0 fully saturated rings. The summed E-state index contributed by atoms with van der Waals surface area (Å²) < 4.78 is 0. The summed E-state index contributed by atoms with van der Waals surface area (Å²) in [7, 11) is 5.82. The first-order valence-corrected chi connectivity index (χ1v) is 5.52. The molecule has 0 saturated carbocycles. The molecule has 0 N–H and O–H groups in total. The van der Waals surface area contributed by atoms with Crippen LogP contribution in [0.3, 0.4) is 0 Å². The van der Waals surface area contributed by atoms with Gasteiger partial charge in [-0.1, -0.05) is 18.9 Å². The van der Waals surface area contributed by atoms with E-state index in [0.29, 0.717) is 5.59 Å². The summed E-state index contributed by atoms with van der Waals surface area (Å²) in [6.45, 7) is 2.04. The second kappa shape index (κ2) is 4.16. The fourth-order valence-electron chi connectivity index (χ4n) is 2.12. The van der Waals surface area contributed by atoms with Gasteiger partial charge < -0.3 is 0 Å². The van der Waals surface area contributed by atoms with E-state index in [-0.39, 0.29) is 0 Å². The van der Waals surface area contributed by atoms with Gasteiger partial charge in [-0.3, -0.25) is 4.98 Å². The van der Waals surface area contributed by atoms with Gasteiger partial charge in [0.25, 0.3) is 0 Å². The molecule has 1 nitrogen and oxygen atoms in total. The summed E-state index contributed by atoms with van der Waals surface area (Å²) in [6.07, 6.45) is 7.57. The first-order chi connectivity index (χ1) is 6.77. The minimum atomic E-state index is 0.712. The normalized spacial score (nSPS) is 16.9. The van der Waals surface area contributed by atoms with Crippen LogP contribution in [0.15, 0.2) is 6.07 Å². The van der Waals surface area contributed by atoms with Gasteiger partial charge in [-0.15, -0.1) is 0 Å². The van der Waals surface area contributed by atoms with Crippen LogP contribution in [-0.4, -0.2) is 12.8 Å². The van der Waals surface area contributed by atoms with Crippen LogP contribution in [0.1, 0.15) is 42.5 Å². The predicted molar refractivity (Wildman–Crippen MR) is 60.2 cm³/mol. The largest absolute Gasteiger partial charge is 0.269 e. The zero-order chi connectivity index (χ0) is 9.97. The second-order valence-electron chi connectivity index (χ2n) is 4.21. The molecule has 1 aliphatic carbocycles. The molecular formula is C12H16BN. The Balaban J connectivity index is 2.35.